The lowest BCUT2D eigenvalue weighted by atomic mass is 10.1. The Morgan fingerprint density at radius 2 is 1.70 bits per heavy atom. The van der Waals surface area contributed by atoms with Gasteiger partial charge in [-0.3, -0.25) is 4.98 Å². The Morgan fingerprint density at radius 1 is 1.07 bits per heavy atom. The quantitative estimate of drug-likeness (QED) is 0.618. The molecule has 30 heavy (non-hydrogen) atoms. The number of halogens is 3. The molecule has 0 aliphatic carbocycles. The number of pyridine rings is 1. The van der Waals surface area contributed by atoms with Crippen LogP contribution in [0.4, 0.5) is 13.2 Å². The molecule has 0 bridgehead atoms. The molecule has 0 aliphatic rings. The highest BCUT2D eigenvalue weighted by Gasteiger charge is 2.43. The molecule has 9 heteroatoms. The second kappa shape index (κ2) is 8.23. The fraction of sp³-hybridized carbons (Fsp3) is 0.286. The van der Waals surface area contributed by atoms with Gasteiger partial charge in [0.1, 0.15) is 17.9 Å². The smallest absolute Gasteiger partial charge is 0.408 e. The lowest BCUT2D eigenvalue weighted by Crippen LogP contribution is -2.49. The molecule has 0 saturated carbocycles. The number of hydrogen-bond acceptors (Lipinski definition) is 4. The molecule has 0 amide bonds. The van der Waals surface area contributed by atoms with Crippen molar-refractivity contribution in [3.63, 3.8) is 0 Å². The molecule has 3 aromatic rings. The molecular formula is C21H21F3N2O3S. The maximum absolute atomic E-state index is 13.6. The van der Waals surface area contributed by atoms with Gasteiger partial charge in [-0.2, -0.15) is 17.9 Å². The Morgan fingerprint density at radius 3 is 2.33 bits per heavy atom. The van der Waals surface area contributed by atoms with Gasteiger partial charge in [0.2, 0.25) is 10.0 Å². The highest BCUT2D eigenvalue weighted by Crippen LogP contribution is 2.28. The van der Waals surface area contributed by atoms with Gasteiger partial charge in [-0.15, -0.1) is 0 Å². The largest absolute Gasteiger partial charge is 0.489 e. The summed E-state index contributed by atoms with van der Waals surface area (Å²) < 4.78 is 73.6. The van der Waals surface area contributed by atoms with Crippen molar-refractivity contribution in [2.45, 2.75) is 37.9 Å². The van der Waals surface area contributed by atoms with Crippen LogP contribution in [0.15, 0.2) is 53.6 Å². The van der Waals surface area contributed by atoms with Gasteiger partial charge < -0.3 is 4.74 Å². The number of rotatable bonds is 6. The number of aryl methyl sites for hydroxylation is 3. The topological polar surface area (TPSA) is 68.3 Å². The van der Waals surface area contributed by atoms with Gasteiger partial charge in [0.05, 0.1) is 4.90 Å². The first-order chi connectivity index (χ1) is 14.0. The fourth-order valence-electron chi connectivity index (χ4n) is 3.40. The van der Waals surface area contributed by atoms with Crippen LogP contribution in [0.3, 0.4) is 0 Å². The number of para-hydroxylation sites is 1. The Balaban J connectivity index is 1.89. The molecule has 0 radical (unpaired) electrons. The number of fused-ring (bicyclic) bond motifs is 1. The summed E-state index contributed by atoms with van der Waals surface area (Å²) >= 11 is 0. The monoisotopic (exact) mass is 438 g/mol. The van der Waals surface area contributed by atoms with E-state index in [0.29, 0.717) is 22.0 Å². The van der Waals surface area contributed by atoms with Gasteiger partial charge in [-0.25, -0.2) is 8.42 Å². The number of hydrogen-bond donors (Lipinski definition) is 1. The summed E-state index contributed by atoms with van der Waals surface area (Å²) in [5.41, 5.74) is 1.97. The van der Waals surface area contributed by atoms with Gasteiger partial charge in [0.15, 0.2) is 6.04 Å². The molecule has 5 nitrogen and oxygen atoms in total. The number of ether oxygens (including phenoxy) is 1. The Kier molecular flexibility index (Phi) is 6.05. The predicted octanol–water partition coefficient (Wildman–Crippen LogP) is 4.45. The summed E-state index contributed by atoms with van der Waals surface area (Å²) in [5.74, 6) is 0.143. The molecule has 1 heterocycles. The summed E-state index contributed by atoms with van der Waals surface area (Å²) in [5, 5.41) is 0.699. The van der Waals surface area contributed by atoms with E-state index in [0.717, 1.165) is 5.56 Å². The van der Waals surface area contributed by atoms with E-state index in [9.17, 15) is 21.6 Å². The number of nitrogens with zero attached hydrogens (tertiary/aromatic N) is 1. The van der Waals surface area contributed by atoms with Crippen LogP contribution in [0.2, 0.25) is 0 Å². The maximum Gasteiger partial charge on any atom is 0.408 e. The van der Waals surface area contributed by atoms with Gasteiger partial charge >= 0.3 is 6.18 Å². The fourth-order valence-corrected chi connectivity index (χ4v) is 5.06. The highest BCUT2D eigenvalue weighted by molar-refractivity contribution is 7.89. The lowest BCUT2D eigenvalue weighted by molar-refractivity contribution is -0.157. The molecule has 1 atom stereocenters. The Labute approximate surface area is 173 Å². The van der Waals surface area contributed by atoms with E-state index < -0.39 is 28.8 Å². The van der Waals surface area contributed by atoms with Crippen LogP contribution in [0.25, 0.3) is 10.9 Å². The van der Waals surface area contributed by atoms with Crippen LogP contribution in [0.1, 0.15) is 16.7 Å². The van der Waals surface area contributed by atoms with E-state index in [-0.39, 0.29) is 10.6 Å². The van der Waals surface area contributed by atoms with E-state index >= 15 is 0 Å². The SMILES string of the molecule is Cc1cc(C)c(S(=O)(=O)NC(COc2cccc3cccnc23)C(F)(F)F)c(C)c1. The Bertz CT molecular complexity index is 1150. The van der Waals surface area contributed by atoms with Gasteiger partial charge in [-0.05, 0) is 44.0 Å². The lowest BCUT2D eigenvalue weighted by Gasteiger charge is -2.23. The van der Waals surface area contributed by atoms with Crippen LogP contribution in [-0.2, 0) is 10.0 Å². The van der Waals surface area contributed by atoms with Crippen molar-refractivity contribution in [3.8, 4) is 5.75 Å². The normalized spacial score (nSPS) is 13.4. The number of alkyl halides is 3. The van der Waals surface area contributed by atoms with E-state index in [1.807, 2.05) is 0 Å². The molecule has 1 N–H and O–H groups in total. The van der Waals surface area contributed by atoms with Crippen molar-refractivity contribution < 1.29 is 26.3 Å². The average molecular weight is 438 g/mol. The van der Waals surface area contributed by atoms with Crippen LogP contribution < -0.4 is 9.46 Å². The van der Waals surface area contributed by atoms with Crippen molar-refractivity contribution in [2.75, 3.05) is 6.61 Å². The Hall–Kier alpha value is -2.65. The van der Waals surface area contributed by atoms with Crippen LogP contribution in [-0.4, -0.2) is 32.2 Å². The molecule has 2 aromatic carbocycles. The summed E-state index contributed by atoms with van der Waals surface area (Å²) in [7, 11) is -4.43. The van der Waals surface area contributed by atoms with E-state index in [4.69, 9.17) is 4.74 Å². The number of benzene rings is 2. The van der Waals surface area contributed by atoms with Crippen molar-refractivity contribution in [3.05, 3.63) is 65.4 Å². The van der Waals surface area contributed by atoms with Crippen molar-refractivity contribution in [2.24, 2.45) is 0 Å². The van der Waals surface area contributed by atoms with Gasteiger partial charge in [0, 0.05) is 11.6 Å². The molecule has 1 aromatic heterocycles. The first-order valence-corrected chi connectivity index (χ1v) is 10.6. The molecule has 160 valence electrons. The van der Waals surface area contributed by atoms with Crippen molar-refractivity contribution in [1.29, 1.82) is 0 Å². The average Bonchev–Trinajstić information content (AvgIpc) is 2.63. The molecule has 0 aliphatic heterocycles. The van der Waals surface area contributed by atoms with E-state index in [1.54, 1.807) is 61.9 Å². The van der Waals surface area contributed by atoms with Crippen LogP contribution in [0.5, 0.6) is 5.75 Å². The molecule has 0 fully saturated rings. The first kappa shape index (κ1) is 22.0. The van der Waals surface area contributed by atoms with Gasteiger partial charge in [0.25, 0.3) is 0 Å². The minimum Gasteiger partial charge on any atom is -0.489 e. The molecule has 1 unspecified atom stereocenters. The molecule has 0 spiro atoms. The summed E-state index contributed by atoms with van der Waals surface area (Å²) in [4.78, 5) is 3.97. The van der Waals surface area contributed by atoms with Crippen LogP contribution >= 0.6 is 0 Å². The van der Waals surface area contributed by atoms with Crippen LogP contribution in [0, 0.1) is 20.8 Å². The highest BCUT2D eigenvalue weighted by atomic mass is 32.2. The summed E-state index contributed by atoms with van der Waals surface area (Å²) in [6.45, 7) is 3.96. The summed E-state index contributed by atoms with van der Waals surface area (Å²) in [6, 6.07) is 9.12. The van der Waals surface area contributed by atoms with Crippen molar-refractivity contribution in [1.82, 2.24) is 9.71 Å². The minimum absolute atomic E-state index is 0.143. The second-order valence-electron chi connectivity index (χ2n) is 7.09. The van der Waals surface area contributed by atoms with E-state index in [1.165, 1.54) is 12.3 Å². The molecule has 3 rings (SSSR count). The maximum atomic E-state index is 13.6. The zero-order valence-corrected chi connectivity index (χ0v) is 17.4. The molecular weight excluding hydrogens is 417 g/mol. The second-order valence-corrected chi connectivity index (χ2v) is 8.74. The number of sulfonamides is 1. The molecule has 0 saturated heterocycles. The standard InChI is InChI=1S/C21H21F3N2O3S/c1-13-10-14(2)20(15(3)11-13)30(27,28)26-18(21(22,23)24)12-29-17-8-4-6-16-7-5-9-25-19(16)17/h4-11,18,26H,12H2,1-3H3. The third-order valence-corrected chi connectivity index (χ3v) is 6.34. The van der Waals surface area contributed by atoms with Gasteiger partial charge in [-0.1, -0.05) is 35.9 Å². The number of nitrogens with one attached hydrogen (secondary N) is 1. The first-order valence-electron chi connectivity index (χ1n) is 9.12. The van der Waals surface area contributed by atoms with E-state index in [2.05, 4.69) is 4.98 Å². The third-order valence-electron chi connectivity index (χ3n) is 4.57. The third kappa shape index (κ3) is 4.73. The zero-order chi connectivity index (χ0) is 22.1. The minimum atomic E-state index is -4.85. The number of aromatic nitrogens is 1. The zero-order valence-electron chi connectivity index (χ0n) is 16.6. The van der Waals surface area contributed by atoms with Crippen molar-refractivity contribution >= 4 is 20.9 Å². The summed E-state index contributed by atoms with van der Waals surface area (Å²) in [6.07, 6.45) is -3.35. The predicted molar refractivity (Wildman–Crippen MR) is 108 cm³/mol.